The second kappa shape index (κ2) is 4.31. The minimum atomic E-state index is 0.350. The topological polar surface area (TPSA) is 35.5 Å². The van der Waals surface area contributed by atoms with Crippen LogP contribution in [0.4, 0.5) is 0 Å². The van der Waals surface area contributed by atoms with E-state index in [0.717, 1.165) is 11.8 Å². The van der Waals surface area contributed by atoms with E-state index in [1.165, 1.54) is 31.7 Å². The number of phenolic OH excluding ortho intramolecular Hbond substituents is 1. The van der Waals surface area contributed by atoms with E-state index in [1.807, 2.05) is 12.1 Å². The van der Waals surface area contributed by atoms with E-state index < -0.39 is 0 Å². The van der Waals surface area contributed by atoms with Crippen molar-refractivity contribution in [2.45, 2.75) is 13.0 Å². The minimum Gasteiger partial charge on any atom is -0.508 e. The van der Waals surface area contributed by atoms with E-state index in [2.05, 4.69) is 17.1 Å². The molecule has 0 bridgehead atoms. The van der Waals surface area contributed by atoms with Crippen LogP contribution in [0, 0.1) is 11.8 Å². The number of benzene rings is 1. The third kappa shape index (κ3) is 2.05. The van der Waals surface area contributed by atoms with Gasteiger partial charge in [-0.25, -0.2) is 0 Å². The van der Waals surface area contributed by atoms with Crippen molar-refractivity contribution >= 4 is 0 Å². The van der Waals surface area contributed by atoms with E-state index in [4.69, 9.17) is 0 Å². The predicted octanol–water partition coefficient (Wildman–Crippen LogP) is 1.60. The van der Waals surface area contributed by atoms with Crippen molar-refractivity contribution < 1.29 is 5.11 Å². The van der Waals surface area contributed by atoms with E-state index in [-0.39, 0.29) is 0 Å². The van der Waals surface area contributed by atoms with Crippen molar-refractivity contribution in [1.29, 1.82) is 0 Å². The third-order valence-corrected chi connectivity index (χ3v) is 4.34. The Hall–Kier alpha value is -1.06. The summed E-state index contributed by atoms with van der Waals surface area (Å²) in [6, 6.07) is 8.09. The SMILES string of the molecule is CC(c1ccc(O)cc1)N1C[C@H]2CNC[C@H]2C1. The molecule has 3 rings (SSSR count). The van der Waals surface area contributed by atoms with Crippen molar-refractivity contribution in [2.75, 3.05) is 26.2 Å². The number of hydrogen-bond acceptors (Lipinski definition) is 3. The van der Waals surface area contributed by atoms with E-state index >= 15 is 0 Å². The highest BCUT2D eigenvalue weighted by atomic mass is 16.3. The molecule has 0 aliphatic carbocycles. The average Bonchev–Trinajstić information content (AvgIpc) is 2.89. The lowest BCUT2D eigenvalue weighted by molar-refractivity contribution is 0.244. The highest BCUT2D eigenvalue weighted by Gasteiger charge is 2.37. The number of phenols is 1. The molecule has 2 N–H and O–H groups in total. The summed E-state index contributed by atoms with van der Waals surface area (Å²) in [5, 5.41) is 12.8. The van der Waals surface area contributed by atoms with Crippen molar-refractivity contribution in [2.24, 2.45) is 11.8 Å². The Labute approximate surface area is 102 Å². The summed E-state index contributed by atoms with van der Waals surface area (Å²) in [5.74, 6) is 2.03. The fourth-order valence-electron chi connectivity index (χ4n) is 3.17. The molecular formula is C14H20N2O. The maximum absolute atomic E-state index is 9.31. The van der Waals surface area contributed by atoms with E-state index in [0.29, 0.717) is 11.8 Å². The van der Waals surface area contributed by atoms with Gasteiger partial charge in [0.05, 0.1) is 0 Å². The molecule has 1 aromatic rings. The number of nitrogens with zero attached hydrogens (tertiary/aromatic N) is 1. The van der Waals surface area contributed by atoms with Gasteiger partial charge in [0, 0.05) is 19.1 Å². The zero-order valence-corrected chi connectivity index (χ0v) is 10.3. The lowest BCUT2D eigenvalue weighted by Gasteiger charge is -2.25. The van der Waals surface area contributed by atoms with Gasteiger partial charge in [-0.3, -0.25) is 4.90 Å². The number of aromatic hydroxyl groups is 1. The molecule has 0 amide bonds. The molecule has 2 aliphatic rings. The largest absolute Gasteiger partial charge is 0.508 e. The summed E-state index contributed by atoms with van der Waals surface area (Å²) >= 11 is 0. The van der Waals surface area contributed by atoms with Gasteiger partial charge in [0.2, 0.25) is 0 Å². The molecule has 2 fully saturated rings. The van der Waals surface area contributed by atoms with Gasteiger partial charge in [0.25, 0.3) is 0 Å². The molecule has 0 saturated carbocycles. The molecule has 1 unspecified atom stereocenters. The Kier molecular flexibility index (Phi) is 2.81. The first-order valence-corrected chi connectivity index (χ1v) is 6.48. The first-order valence-electron chi connectivity index (χ1n) is 6.48. The van der Waals surface area contributed by atoms with E-state index in [9.17, 15) is 5.11 Å². The minimum absolute atomic E-state index is 0.350. The molecule has 17 heavy (non-hydrogen) atoms. The lowest BCUT2D eigenvalue weighted by atomic mass is 10.0. The quantitative estimate of drug-likeness (QED) is 0.813. The smallest absolute Gasteiger partial charge is 0.115 e. The summed E-state index contributed by atoms with van der Waals surface area (Å²) in [7, 11) is 0. The van der Waals surface area contributed by atoms with Gasteiger partial charge in [-0.15, -0.1) is 0 Å². The number of nitrogens with one attached hydrogen (secondary N) is 1. The summed E-state index contributed by atoms with van der Waals surface area (Å²) < 4.78 is 0. The van der Waals surface area contributed by atoms with Crippen LogP contribution < -0.4 is 5.32 Å². The standard InChI is InChI=1S/C14H20N2O/c1-10(11-2-4-14(17)5-3-11)16-8-12-6-15-7-13(12)9-16/h2-5,10,12-13,15,17H,6-9H2,1H3/t10?,12-,13+. The van der Waals surface area contributed by atoms with Crippen LogP contribution in [0.5, 0.6) is 5.75 Å². The zero-order valence-electron chi connectivity index (χ0n) is 10.3. The maximum Gasteiger partial charge on any atom is 0.115 e. The predicted molar refractivity (Wildman–Crippen MR) is 67.9 cm³/mol. The molecule has 1 aromatic carbocycles. The van der Waals surface area contributed by atoms with Crippen LogP contribution in [-0.2, 0) is 0 Å². The first kappa shape index (κ1) is 11.1. The molecule has 0 aromatic heterocycles. The summed E-state index contributed by atoms with van der Waals surface area (Å²) in [6.07, 6.45) is 0. The Morgan fingerprint density at radius 1 is 1.18 bits per heavy atom. The Morgan fingerprint density at radius 2 is 1.76 bits per heavy atom. The van der Waals surface area contributed by atoms with Crippen molar-refractivity contribution in [1.82, 2.24) is 10.2 Å². The Morgan fingerprint density at radius 3 is 2.35 bits per heavy atom. The second-order valence-electron chi connectivity index (χ2n) is 5.40. The van der Waals surface area contributed by atoms with Crippen LogP contribution in [0.3, 0.4) is 0 Å². The monoisotopic (exact) mass is 232 g/mol. The van der Waals surface area contributed by atoms with Crippen molar-refractivity contribution in [3.8, 4) is 5.75 Å². The van der Waals surface area contributed by atoms with Gasteiger partial charge in [0.15, 0.2) is 0 Å². The number of rotatable bonds is 2. The summed E-state index contributed by atoms with van der Waals surface area (Å²) in [5.41, 5.74) is 1.30. The van der Waals surface area contributed by atoms with Crippen LogP contribution >= 0.6 is 0 Å². The number of hydrogen-bond donors (Lipinski definition) is 2. The third-order valence-electron chi connectivity index (χ3n) is 4.34. The first-order chi connectivity index (χ1) is 8.24. The zero-order chi connectivity index (χ0) is 11.8. The molecule has 3 atom stereocenters. The van der Waals surface area contributed by atoms with Crippen molar-refractivity contribution in [3.05, 3.63) is 29.8 Å². The number of fused-ring (bicyclic) bond motifs is 1. The van der Waals surface area contributed by atoms with Gasteiger partial charge in [0.1, 0.15) is 5.75 Å². The highest BCUT2D eigenvalue weighted by Crippen LogP contribution is 2.33. The molecular weight excluding hydrogens is 212 g/mol. The number of likely N-dealkylation sites (tertiary alicyclic amines) is 1. The average molecular weight is 232 g/mol. The van der Waals surface area contributed by atoms with Gasteiger partial charge in [-0.2, -0.15) is 0 Å². The van der Waals surface area contributed by atoms with Crippen LogP contribution in [-0.4, -0.2) is 36.2 Å². The fourth-order valence-corrected chi connectivity index (χ4v) is 3.17. The summed E-state index contributed by atoms with van der Waals surface area (Å²) in [6.45, 7) is 7.05. The van der Waals surface area contributed by atoms with Gasteiger partial charge < -0.3 is 10.4 Å². The van der Waals surface area contributed by atoms with Crippen LogP contribution in [0.25, 0.3) is 0 Å². The molecule has 3 nitrogen and oxygen atoms in total. The molecule has 92 valence electrons. The molecule has 2 saturated heterocycles. The molecule has 0 spiro atoms. The maximum atomic E-state index is 9.31. The second-order valence-corrected chi connectivity index (χ2v) is 5.40. The van der Waals surface area contributed by atoms with Crippen LogP contribution in [0.15, 0.2) is 24.3 Å². The Bertz CT molecular complexity index is 378. The Balaban J connectivity index is 1.70. The van der Waals surface area contributed by atoms with Crippen molar-refractivity contribution in [3.63, 3.8) is 0 Å². The molecule has 2 aliphatic heterocycles. The lowest BCUT2D eigenvalue weighted by Crippen LogP contribution is -2.28. The van der Waals surface area contributed by atoms with Crippen LogP contribution in [0.2, 0.25) is 0 Å². The normalized spacial score (nSPS) is 30.4. The fraction of sp³-hybridized carbons (Fsp3) is 0.571. The molecule has 2 heterocycles. The molecule has 0 radical (unpaired) electrons. The molecule has 3 heteroatoms. The van der Waals surface area contributed by atoms with E-state index in [1.54, 1.807) is 12.1 Å². The van der Waals surface area contributed by atoms with Gasteiger partial charge in [-0.1, -0.05) is 12.1 Å². The van der Waals surface area contributed by atoms with Crippen LogP contribution in [0.1, 0.15) is 18.5 Å². The van der Waals surface area contributed by atoms with Gasteiger partial charge >= 0.3 is 0 Å². The summed E-state index contributed by atoms with van der Waals surface area (Å²) in [4.78, 5) is 2.57. The highest BCUT2D eigenvalue weighted by molar-refractivity contribution is 5.28. The van der Waals surface area contributed by atoms with Gasteiger partial charge in [-0.05, 0) is 49.5 Å².